The molecule has 0 spiro atoms. The van der Waals surface area contributed by atoms with E-state index >= 15 is 0 Å². The molecule has 2 aliphatic heterocycles. The number of benzene rings is 2. The Labute approximate surface area is 185 Å². The monoisotopic (exact) mass is 435 g/mol. The number of carboxylic acids is 1. The largest absolute Gasteiger partial charge is 0.481 e. The van der Waals surface area contributed by atoms with Crippen molar-refractivity contribution < 1.29 is 24.3 Å². The second-order valence-electron chi connectivity index (χ2n) is 8.24. The van der Waals surface area contributed by atoms with Crippen LogP contribution >= 0.6 is 0 Å². The van der Waals surface area contributed by atoms with Gasteiger partial charge in [-0.1, -0.05) is 18.2 Å². The number of hydrogen-bond donors (Lipinski definition) is 2. The molecule has 0 bridgehead atoms. The molecule has 0 aromatic heterocycles. The van der Waals surface area contributed by atoms with E-state index in [2.05, 4.69) is 5.32 Å². The fourth-order valence-electron chi connectivity index (χ4n) is 4.23. The second-order valence-corrected chi connectivity index (χ2v) is 8.24. The van der Waals surface area contributed by atoms with Crippen molar-refractivity contribution in [2.75, 3.05) is 29.9 Å². The van der Waals surface area contributed by atoms with Crippen LogP contribution in [-0.4, -0.2) is 53.3 Å². The van der Waals surface area contributed by atoms with E-state index in [0.717, 1.165) is 5.69 Å². The molecular formula is C24H25N3O5. The fourth-order valence-corrected chi connectivity index (χ4v) is 4.23. The number of aliphatic carboxylic acids is 1. The standard InChI is InChI=1S/C24H25N3O5/c28-21-13-18(15-27(21)20-6-2-1-3-7-20)22(29)25-19-10-8-16(9-11-19)23(30)26-12-4-5-17(14-26)24(31)32/h1-3,6-11,17-18H,4-5,12-15H2,(H,25,29)(H,31,32). The molecule has 8 nitrogen and oxygen atoms in total. The van der Waals surface area contributed by atoms with Crippen LogP contribution in [0.3, 0.4) is 0 Å². The summed E-state index contributed by atoms with van der Waals surface area (Å²) in [7, 11) is 0. The van der Waals surface area contributed by atoms with Gasteiger partial charge in [0.25, 0.3) is 5.91 Å². The maximum atomic E-state index is 12.7. The summed E-state index contributed by atoms with van der Waals surface area (Å²) in [4.78, 5) is 52.2. The number of carbonyl (C=O) groups excluding carboxylic acids is 3. The van der Waals surface area contributed by atoms with E-state index in [1.54, 1.807) is 34.1 Å². The van der Waals surface area contributed by atoms with Crippen molar-refractivity contribution in [2.24, 2.45) is 11.8 Å². The van der Waals surface area contributed by atoms with Crippen LogP contribution in [0, 0.1) is 11.8 Å². The molecule has 4 rings (SSSR count). The number of nitrogens with zero attached hydrogens (tertiary/aromatic N) is 2. The van der Waals surface area contributed by atoms with Gasteiger partial charge in [0.2, 0.25) is 11.8 Å². The zero-order chi connectivity index (χ0) is 22.7. The summed E-state index contributed by atoms with van der Waals surface area (Å²) in [6.45, 7) is 1.07. The highest BCUT2D eigenvalue weighted by Gasteiger charge is 2.35. The molecule has 32 heavy (non-hydrogen) atoms. The lowest BCUT2D eigenvalue weighted by molar-refractivity contribution is -0.143. The molecule has 3 amide bonds. The first-order valence-corrected chi connectivity index (χ1v) is 10.7. The van der Waals surface area contributed by atoms with Crippen molar-refractivity contribution in [2.45, 2.75) is 19.3 Å². The van der Waals surface area contributed by atoms with Crippen molar-refractivity contribution in [3.63, 3.8) is 0 Å². The normalized spacial score (nSPS) is 20.8. The Morgan fingerprint density at radius 3 is 2.34 bits per heavy atom. The molecule has 2 aliphatic rings. The SMILES string of the molecule is O=C(O)C1CCCN(C(=O)c2ccc(NC(=O)C3CC(=O)N(c4ccccc4)C3)cc2)C1. The molecule has 0 aliphatic carbocycles. The Kier molecular flexibility index (Phi) is 6.20. The van der Waals surface area contributed by atoms with E-state index in [0.29, 0.717) is 37.2 Å². The highest BCUT2D eigenvalue weighted by atomic mass is 16.4. The van der Waals surface area contributed by atoms with Crippen LogP contribution in [0.25, 0.3) is 0 Å². The summed E-state index contributed by atoms with van der Waals surface area (Å²) in [5.74, 6) is -2.40. The van der Waals surface area contributed by atoms with E-state index in [-0.39, 0.29) is 30.7 Å². The quantitative estimate of drug-likeness (QED) is 0.751. The van der Waals surface area contributed by atoms with Gasteiger partial charge in [0.1, 0.15) is 0 Å². The average molecular weight is 435 g/mol. The predicted octanol–water partition coefficient (Wildman–Crippen LogP) is 2.62. The zero-order valence-electron chi connectivity index (χ0n) is 17.6. The summed E-state index contributed by atoms with van der Waals surface area (Å²) < 4.78 is 0. The lowest BCUT2D eigenvalue weighted by atomic mass is 9.97. The number of anilines is 2. The van der Waals surface area contributed by atoms with Crippen LogP contribution in [0.1, 0.15) is 29.6 Å². The molecule has 2 heterocycles. The Morgan fingerprint density at radius 1 is 0.938 bits per heavy atom. The lowest BCUT2D eigenvalue weighted by Gasteiger charge is -2.30. The van der Waals surface area contributed by atoms with Gasteiger partial charge in [0, 0.05) is 43.0 Å². The number of amides is 3. The number of piperidine rings is 1. The molecule has 2 aromatic carbocycles. The predicted molar refractivity (Wildman–Crippen MR) is 118 cm³/mol. The maximum Gasteiger partial charge on any atom is 0.308 e. The molecule has 2 fully saturated rings. The minimum Gasteiger partial charge on any atom is -0.481 e. The second kappa shape index (κ2) is 9.21. The third kappa shape index (κ3) is 4.64. The smallest absolute Gasteiger partial charge is 0.308 e. The Morgan fingerprint density at radius 2 is 1.66 bits per heavy atom. The van der Waals surface area contributed by atoms with Gasteiger partial charge in [-0.3, -0.25) is 19.2 Å². The van der Waals surface area contributed by atoms with Gasteiger partial charge in [-0.15, -0.1) is 0 Å². The molecule has 2 atom stereocenters. The van der Waals surface area contributed by atoms with Gasteiger partial charge in [0.05, 0.1) is 11.8 Å². The summed E-state index contributed by atoms with van der Waals surface area (Å²) in [5.41, 5.74) is 1.76. The molecule has 2 aromatic rings. The Hall–Kier alpha value is -3.68. The molecule has 2 saturated heterocycles. The molecule has 8 heteroatoms. The number of nitrogens with one attached hydrogen (secondary N) is 1. The van der Waals surface area contributed by atoms with Gasteiger partial charge in [-0.05, 0) is 49.2 Å². The number of carboxylic acid groups (broad SMARTS) is 1. The van der Waals surface area contributed by atoms with Crippen molar-refractivity contribution >= 4 is 35.1 Å². The molecule has 166 valence electrons. The summed E-state index contributed by atoms with van der Waals surface area (Å²) in [6, 6.07) is 15.8. The van der Waals surface area contributed by atoms with Crippen LogP contribution < -0.4 is 10.2 Å². The van der Waals surface area contributed by atoms with Crippen molar-refractivity contribution in [3.05, 3.63) is 60.2 Å². The Balaban J connectivity index is 1.35. The maximum absolute atomic E-state index is 12.7. The first kappa shape index (κ1) is 21.5. The first-order chi connectivity index (χ1) is 15.4. The number of carbonyl (C=O) groups is 4. The highest BCUT2D eigenvalue weighted by Crippen LogP contribution is 2.26. The van der Waals surface area contributed by atoms with Crippen LogP contribution in [0.5, 0.6) is 0 Å². The van der Waals surface area contributed by atoms with Gasteiger partial charge in [-0.2, -0.15) is 0 Å². The van der Waals surface area contributed by atoms with Crippen LogP contribution in [0.2, 0.25) is 0 Å². The van der Waals surface area contributed by atoms with Gasteiger partial charge < -0.3 is 20.2 Å². The zero-order valence-corrected chi connectivity index (χ0v) is 17.6. The van der Waals surface area contributed by atoms with Crippen LogP contribution in [-0.2, 0) is 14.4 Å². The van der Waals surface area contributed by atoms with E-state index in [1.807, 2.05) is 30.3 Å². The molecular weight excluding hydrogens is 410 g/mol. The summed E-state index contributed by atoms with van der Waals surface area (Å²) >= 11 is 0. The molecule has 0 saturated carbocycles. The third-order valence-corrected chi connectivity index (χ3v) is 6.02. The van der Waals surface area contributed by atoms with Gasteiger partial charge >= 0.3 is 5.97 Å². The van der Waals surface area contributed by atoms with Crippen molar-refractivity contribution in [1.29, 1.82) is 0 Å². The minimum atomic E-state index is -0.878. The number of hydrogen-bond acceptors (Lipinski definition) is 4. The molecule has 0 radical (unpaired) electrons. The van der Waals surface area contributed by atoms with E-state index in [1.165, 1.54) is 0 Å². The number of likely N-dealkylation sites (tertiary alicyclic amines) is 1. The highest BCUT2D eigenvalue weighted by molar-refractivity contribution is 6.03. The topological polar surface area (TPSA) is 107 Å². The van der Waals surface area contributed by atoms with Crippen LogP contribution in [0.4, 0.5) is 11.4 Å². The third-order valence-electron chi connectivity index (χ3n) is 6.02. The van der Waals surface area contributed by atoms with E-state index in [9.17, 15) is 24.3 Å². The van der Waals surface area contributed by atoms with Crippen LogP contribution in [0.15, 0.2) is 54.6 Å². The number of para-hydroxylation sites is 1. The Bertz CT molecular complexity index is 1020. The summed E-state index contributed by atoms with van der Waals surface area (Å²) in [5, 5.41) is 12.0. The number of rotatable bonds is 5. The first-order valence-electron chi connectivity index (χ1n) is 10.7. The fraction of sp³-hybridized carbons (Fsp3) is 0.333. The van der Waals surface area contributed by atoms with E-state index < -0.39 is 17.8 Å². The lowest BCUT2D eigenvalue weighted by Crippen LogP contribution is -2.42. The van der Waals surface area contributed by atoms with E-state index in [4.69, 9.17) is 0 Å². The average Bonchev–Trinajstić information content (AvgIpc) is 3.21. The van der Waals surface area contributed by atoms with Gasteiger partial charge in [0.15, 0.2) is 0 Å². The minimum absolute atomic E-state index is 0.0847. The molecule has 2 unspecified atom stereocenters. The summed E-state index contributed by atoms with van der Waals surface area (Å²) in [6.07, 6.45) is 1.39. The molecule has 2 N–H and O–H groups in total. The van der Waals surface area contributed by atoms with Gasteiger partial charge in [-0.25, -0.2) is 0 Å². The van der Waals surface area contributed by atoms with Crippen molar-refractivity contribution in [1.82, 2.24) is 4.90 Å². The van der Waals surface area contributed by atoms with Crippen molar-refractivity contribution in [3.8, 4) is 0 Å².